The first-order valence-electron chi connectivity index (χ1n) is 14.9. The highest BCUT2D eigenvalue weighted by Crippen LogP contribution is 2.33. The van der Waals surface area contributed by atoms with Crippen LogP contribution in [0, 0.1) is 12.8 Å². The SMILES string of the molecule is Cc1cccc(C(CC(=O)O)NC(=O)[C@H](CC(C)C)N2C(=O)N(Cc3ccc(C=Cc4ccccc4)cc3)C(C)(C)C2=O)c1. The van der Waals surface area contributed by atoms with Gasteiger partial charge in [-0.1, -0.05) is 110 Å². The number of nitrogens with zero attached hydrogens (tertiary/aromatic N) is 2. The smallest absolute Gasteiger partial charge is 0.328 e. The quantitative estimate of drug-likeness (QED) is 0.185. The molecular weight excluding hydrogens is 554 g/mol. The largest absolute Gasteiger partial charge is 0.481 e. The third kappa shape index (κ3) is 7.61. The summed E-state index contributed by atoms with van der Waals surface area (Å²) in [6, 6.07) is 22.6. The predicted molar refractivity (Wildman–Crippen MR) is 171 cm³/mol. The normalized spacial score (nSPS) is 16.0. The van der Waals surface area contributed by atoms with Gasteiger partial charge in [0.15, 0.2) is 0 Å². The zero-order valence-electron chi connectivity index (χ0n) is 26.0. The molecule has 8 heteroatoms. The number of carbonyl (C=O) groups is 4. The zero-order chi connectivity index (χ0) is 32.0. The first-order valence-corrected chi connectivity index (χ1v) is 14.9. The van der Waals surface area contributed by atoms with E-state index in [1.54, 1.807) is 26.0 Å². The third-order valence-corrected chi connectivity index (χ3v) is 7.89. The standard InChI is InChI=1S/C36H41N3O5/c1-24(2)20-31(33(42)37-30(22-32(40)41)29-13-9-10-25(3)21-29)39-34(43)36(4,5)38(35(39)44)23-28-18-16-27(17-19-28)15-14-26-11-7-6-8-12-26/h6-19,21,24,30-31H,20,22-23H2,1-5H3,(H,37,42)(H,40,41)/t30?,31-/m0/s1. The molecule has 1 saturated heterocycles. The number of benzene rings is 3. The summed E-state index contributed by atoms with van der Waals surface area (Å²) in [7, 11) is 0. The van der Waals surface area contributed by atoms with Crippen LogP contribution in [0.25, 0.3) is 12.2 Å². The van der Waals surface area contributed by atoms with Crippen LogP contribution in [0.1, 0.15) is 74.4 Å². The molecule has 3 aromatic carbocycles. The van der Waals surface area contributed by atoms with E-state index in [4.69, 9.17) is 0 Å². The zero-order valence-corrected chi connectivity index (χ0v) is 26.0. The Morgan fingerprint density at radius 1 is 0.909 bits per heavy atom. The molecule has 0 aromatic heterocycles. The minimum atomic E-state index is -1.19. The van der Waals surface area contributed by atoms with Crippen molar-refractivity contribution in [1.82, 2.24) is 15.1 Å². The van der Waals surface area contributed by atoms with E-state index in [1.807, 2.05) is 99.7 Å². The van der Waals surface area contributed by atoms with Gasteiger partial charge < -0.3 is 15.3 Å². The van der Waals surface area contributed by atoms with Crippen molar-refractivity contribution in [3.8, 4) is 0 Å². The van der Waals surface area contributed by atoms with E-state index in [0.717, 1.165) is 27.2 Å². The van der Waals surface area contributed by atoms with Crippen molar-refractivity contribution in [2.24, 2.45) is 5.92 Å². The van der Waals surface area contributed by atoms with E-state index in [0.29, 0.717) is 5.56 Å². The lowest BCUT2D eigenvalue weighted by molar-refractivity contribution is -0.140. The van der Waals surface area contributed by atoms with Crippen LogP contribution in [0.15, 0.2) is 78.9 Å². The average Bonchev–Trinajstić information content (AvgIpc) is 3.14. The highest BCUT2D eigenvalue weighted by atomic mass is 16.4. The van der Waals surface area contributed by atoms with Crippen molar-refractivity contribution in [3.05, 3.63) is 107 Å². The number of hydrogen-bond acceptors (Lipinski definition) is 4. The van der Waals surface area contributed by atoms with Gasteiger partial charge in [0.05, 0.1) is 12.5 Å². The second kappa shape index (κ2) is 13.7. The Morgan fingerprint density at radius 3 is 2.14 bits per heavy atom. The van der Waals surface area contributed by atoms with Gasteiger partial charge in [-0.05, 0) is 55.4 Å². The van der Waals surface area contributed by atoms with Gasteiger partial charge in [-0.2, -0.15) is 0 Å². The van der Waals surface area contributed by atoms with Crippen molar-refractivity contribution >= 4 is 36.0 Å². The monoisotopic (exact) mass is 595 g/mol. The van der Waals surface area contributed by atoms with Crippen LogP contribution in [0.2, 0.25) is 0 Å². The maximum Gasteiger partial charge on any atom is 0.328 e. The summed E-state index contributed by atoms with van der Waals surface area (Å²) in [5.74, 6) is -2.10. The third-order valence-electron chi connectivity index (χ3n) is 7.89. The second-order valence-corrected chi connectivity index (χ2v) is 12.3. The fourth-order valence-corrected chi connectivity index (χ4v) is 5.44. The molecule has 1 heterocycles. The van der Waals surface area contributed by atoms with Crippen molar-refractivity contribution in [2.45, 2.75) is 71.6 Å². The molecule has 1 aliphatic heterocycles. The summed E-state index contributed by atoms with van der Waals surface area (Å²) < 4.78 is 0. The summed E-state index contributed by atoms with van der Waals surface area (Å²) >= 11 is 0. The van der Waals surface area contributed by atoms with Crippen LogP contribution in [-0.2, 0) is 20.9 Å². The molecule has 0 aliphatic carbocycles. The molecule has 0 saturated carbocycles. The molecule has 230 valence electrons. The lowest BCUT2D eigenvalue weighted by atomic mass is 9.97. The number of aryl methyl sites for hydroxylation is 1. The molecule has 1 fully saturated rings. The molecule has 8 nitrogen and oxygen atoms in total. The van der Waals surface area contributed by atoms with Crippen LogP contribution < -0.4 is 5.32 Å². The van der Waals surface area contributed by atoms with E-state index in [-0.39, 0.29) is 25.3 Å². The van der Waals surface area contributed by atoms with E-state index >= 15 is 0 Å². The molecule has 44 heavy (non-hydrogen) atoms. The number of carbonyl (C=O) groups excluding carboxylic acids is 3. The Kier molecular flexibility index (Phi) is 10.0. The van der Waals surface area contributed by atoms with Gasteiger partial charge in [-0.25, -0.2) is 9.69 Å². The maximum atomic E-state index is 13.9. The van der Waals surface area contributed by atoms with Crippen molar-refractivity contribution in [2.75, 3.05) is 0 Å². The van der Waals surface area contributed by atoms with Crippen LogP contribution in [0.3, 0.4) is 0 Å². The summed E-state index contributed by atoms with van der Waals surface area (Å²) in [6.45, 7) is 9.28. The topological polar surface area (TPSA) is 107 Å². The summed E-state index contributed by atoms with van der Waals surface area (Å²) in [4.78, 5) is 55.8. The van der Waals surface area contributed by atoms with Gasteiger partial charge in [0.1, 0.15) is 11.6 Å². The van der Waals surface area contributed by atoms with Crippen LogP contribution in [0.5, 0.6) is 0 Å². The van der Waals surface area contributed by atoms with Gasteiger partial charge >= 0.3 is 12.0 Å². The Labute approximate surface area is 259 Å². The second-order valence-electron chi connectivity index (χ2n) is 12.3. The minimum Gasteiger partial charge on any atom is -0.481 e. The molecule has 1 aliphatic rings. The lowest BCUT2D eigenvalue weighted by Gasteiger charge is -2.29. The van der Waals surface area contributed by atoms with Crippen LogP contribution in [-0.4, -0.2) is 50.3 Å². The predicted octanol–water partition coefficient (Wildman–Crippen LogP) is 6.46. The number of aliphatic carboxylic acids is 1. The van der Waals surface area contributed by atoms with E-state index in [2.05, 4.69) is 5.32 Å². The maximum absolute atomic E-state index is 13.9. The van der Waals surface area contributed by atoms with E-state index in [1.165, 1.54) is 4.90 Å². The van der Waals surface area contributed by atoms with Crippen LogP contribution >= 0.6 is 0 Å². The number of imide groups is 1. The molecule has 1 unspecified atom stereocenters. The van der Waals surface area contributed by atoms with Crippen molar-refractivity contribution in [3.63, 3.8) is 0 Å². The number of carboxylic acid groups (broad SMARTS) is 1. The Balaban J connectivity index is 1.55. The number of urea groups is 1. The number of rotatable bonds is 12. The van der Waals surface area contributed by atoms with Gasteiger partial charge in [0.25, 0.3) is 5.91 Å². The highest BCUT2D eigenvalue weighted by molar-refractivity contribution is 6.09. The first-order chi connectivity index (χ1) is 20.9. The van der Waals surface area contributed by atoms with Crippen LogP contribution in [0.4, 0.5) is 4.79 Å². The molecule has 4 amide bonds. The van der Waals surface area contributed by atoms with Gasteiger partial charge in [0, 0.05) is 6.54 Å². The molecule has 0 radical (unpaired) electrons. The fraction of sp³-hybridized carbons (Fsp3) is 0.333. The molecule has 3 aromatic rings. The average molecular weight is 596 g/mol. The number of carboxylic acids is 1. The number of amides is 4. The Hall–Kier alpha value is -4.72. The highest BCUT2D eigenvalue weighted by Gasteiger charge is 2.54. The van der Waals surface area contributed by atoms with Crippen molar-refractivity contribution < 1.29 is 24.3 Å². The lowest BCUT2D eigenvalue weighted by Crippen LogP contribution is -2.52. The molecule has 2 atom stereocenters. The molecule has 4 rings (SSSR count). The fourth-order valence-electron chi connectivity index (χ4n) is 5.44. The van der Waals surface area contributed by atoms with E-state index < -0.39 is 41.4 Å². The minimum absolute atomic E-state index is 0.0168. The van der Waals surface area contributed by atoms with Gasteiger partial charge in [-0.15, -0.1) is 0 Å². The van der Waals surface area contributed by atoms with E-state index in [9.17, 15) is 24.3 Å². The molecule has 0 spiro atoms. The molecule has 2 N–H and O–H groups in total. The first kappa shape index (κ1) is 32.2. The number of hydrogen-bond donors (Lipinski definition) is 2. The Bertz CT molecular complexity index is 1530. The number of nitrogens with one attached hydrogen (secondary N) is 1. The van der Waals surface area contributed by atoms with Gasteiger partial charge in [0.2, 0.25) is 5.91 Å². The van der Waals surface area contributed by atoms with Crippen molar-refractivity contribution in [1.29, 1.82) is 0 Å². The molecule has 0 bridgehead atoms. The summed E-state index contributed by atoms with van der Waals surface area (Å²) in [6.07, 6.45) is 3.94. The Morgan fingerprint density at radius 2 is 1.55 bits per heavy atom. The molecular formula is C36H41N3O5. The summed E-state index contributed by atoms with van der Waals surface area (Å²) in [5, 5.41) is 12.4. The van der Waals surface area contributed by atoms with Gasteiger partial charge in [-0.3, -0.25) is 14.4 Å². The summed E-state index contributed by atoms with van der Waals surface area (Å²) in [5.41, 5.74) is 3.33.